The number of aromatic nitrogens is 1. The molecule has 1 aromatic heterocycles. The van der Waals surface area contributed by atoms with Crippen LogP contribution in [0, 0.1) is 0 Å². The van der Waals surface area contributed by atoms with Gasteiger partial charge in [-0.3, -0.25) is 14.4 Å². The van der Waals surface area contributed by atoms with Crippen molar-refractivity contribution in [2.24, 2.45) is 0 Å². The van der Waals surface area contributed by atoms with Crippen molar-refractivity contribution in [3.05, 3.63) is 59.4 Å². The summed E-state index contributed by atoms with van der Waals surface area (Å²) in [5.74, 6) is -0.682. The highest BCUT2D eigenvalue weighted by atomic mass is 16.2. The lowest BCUT2D eigenvalue weighted by Crippen LogP contribution is -2.33. The summed E-state index contributed by atoms with van der Waals surface area (Å²) in [4.78, 5) is 42.6. The minimum atomic E-state index is -0.428. The van der Waals surface area contributed by atoms with Gasteiger partial charge in [0.05, 0.1) is 0 Å². The molecule has 0 atom stereocenters. The highest BCUT2D eigenvalue weighted by molar-refractivity contribution is 6.04. The molecule has 2 aromatic rings. The first-order valence-corrected chi connectivity index (χ1v) is 9.15. The molecule has 2 amide bonds. The molecule has 142 valence electrons. The lowest BCUT2D eigenvalue weighted by atomic mass is 10.1. The van der Waals surface area contributed by atoms with Crippen molar-refractivity contribution in [3.63, 3.8) is 0 Å². The summed E-state index contributed by atoms with van der Waals surface area (Å²) in [7, 11) is 0. The van der Waals surface area contributed by atoms with E-state index in [9.17, 15) is 14.4 Å². The molecular weight excluding hydrogens is 342 g/mol. The van der Waals surface area contributed by atoms with Crippen molar-refractivity contribution in [1.29, 1.82) is 0 Å². The Balaban J connectivity index is 2.18. The van der Waals surface area contributed by atoms with Crippen LogP contribution in [0.15, 0.2) is 42.5 Å². The molecule has 0 fully saturated rings. The first-order valence-electron chi connectivity index (χ1n) is 9.15. The molecule has 6 heteroatoms. The van der Waals surface area contributed by atoms with Crippen LogP contribution < -0.4 is 5.32 Å². The van der Waals surface area contributed by atoms with Gasteiger partial charge in [0.15, 0.2) is 5.78 Å². The van der Waals surface area contributed by atoms with E-state index in [1.807, 2.05) is 13.8 Å². The summed E-state index contributed by atoms with van der Waals surface area (Å²) in [5.41, 5.74) is 1.42. The van der Waals surface area contributed by atoms with Gasteiger partial charge in [-0.25, -0.2) is 4.98 Å². The molecular formula is C21H25N3O3. The number of rotatable bonds is 8. The van der Waals surface area contributed by atoms with Gasteiger partial charge in [-0.1, -0.05) is 32.0 Å². The van der Waals surface area contributed by atoms with Gasteiger partial charge in [-0.2, -0.15) is 0 Å². The number of carbonyl (C=O) groups excluding carboxylic acids is 3. The van der Waals surface area contributed by atoms with Crippen LogP contribution in [0.2, 0.25) is 0 Å². The number of nitrogens with one attached hydrogen (secondary N) is 1. The number of hydrogen-bond donors (Lipinski definition) is 1. The van der Waals surface area contributed by atoms with Crippen molar-refractivity contribution in [2.45, 2.75) is 33.6 Å². The van der Waals surface area contributed by atoms with E-state index in [0.717, 1.165) is 12.8 Å². The van der Waals surface area contributed by atoms with Gasteiger partial charge in [0.25, 0.3) is 11.8 Å². The third-order valence-electron chi connectivity index (χ3n) is 4.00. The molecule has 1 heterocycles. The zero-order chi connectivity index (χ0) is 19.8. The van der Waals surface area contributed by atoms with Gasteiger partial charge in [0, 0.05) is 24.3 Å². The van der Waals surface area contributed by atoms with E-state index in [1.54, 1.807) is 47.4 Å². The molecule has 6 nitrogen and oxygen atoms in total. The van der Waals surface area contributed by atoms with Crippen LogP contribution >= 0.6 is 0 Å². The standard InChI is InChI=1S/C21H25N3O3/c1-4-12-24(13-5-2)21(27)19-11-7-10-18(23-19)20(26)22-17-9-6-8-16(14-17)15(3)25/h6-11,14H,4-5,12-13H2,1-3H3,(H,22,26). The third kappa shape index (κ3) is 5.48. The predicted molar refractivity (Wildman–Crippen MR) is 105 cm³/mol. The molecule has 0 radical (unpaired) electrons. The van der Waals surface area contributed by atoms with E-state index in [-0.39, 0.29) is 23.1 Å². The van der Waals surface area contributed by atoms with Gasteiger partial charge in [0.2, 0.25) is 0 Å². The second-order valence-electron chi connectivity index (χ2n) is 6.29. The normalized spacial score (nSPS) is 10.3. The van der Waals surface area contributed by atoms with Crippen LogP contribution in [0.4, 0.5) is 5.69 Å². The molecule has 0 aliphatic rings. The van der Waals surface area contributed by atoms with Crippen LogP contribution in [-0.4, -0.2) is 40.6 Å². The monoisotopic (exact) mass is 367 g/mol. The lowest BCUT2D eigenvalue weighted by molar-refractivity contribution is 0.0749. The Morgan fingerprint density at radius 2 is 1.59 bits per heavy atom. The minimum Gasteiger partial charge on any atom is -0.337 e. The fourth-order valence-electron chi connectivity index (χ4n) is 2.71. The molecule has 0 bridgehead atoms. The Morgan fingerprint density at radius 1 is 0.963 bits per heavy atom. The van der Waals surface area contributed by atoms with E-state index in [0.29, 0.717) is 24.3 Å². The van der Waals surface area contributed by atoms with Gasteiger partial charge in [-0.15, -0.1) is 0 Å². The molecule has 27 heavy (non-hydrogen) atoms. The van der Waals surface area contributed by atoms with E-state index in [1.165, 1.54) is 6.92 Å². The molecule has 2 rings (SSSR count). The van der Waals surface area contributed by atoms with Gasteiger partial charge in [-0.05, 0) is 44.0 Å². The molecule has 0 unspecified atom stereocenters. The molecule has 0 aliphatic heterocycles. The summed E-state index contributed by atoms with van der Waals surface area (Å²) in [5, 5.41) is 2.72. The van der Waals surface area contributed by atoms with Crippen molar-refractivity contribution >= 4 is 23.3 Å². The molecule has 1 N–H and O–H groups in total. The highest BCUT2D eigenvalue weighted by Crippen LogP contribution is 2.13. The fraction of sp³-hybridized carbons (Fsp3) is 0.333. The highest BCUT2D eigenvalue weighted by Gasteiger charge is 2.17. The van der Waals surface area contributed by atoms with Crippen molar-refractivity contribution in [2.75, 3.05) is 18.4 Å². The maximum Gasteiger partial charge on any atom is 0.274 e. The van der Waals surface area contributed by atoms with Crippen molar-refractivity contribution < 1.29 is 14.4 Å². The zero-order valence-electron chi connectivity index (χ0n) is 16.0. The summed E-state index contributed by atoms with van der Waals surface area (Å²) >= 11 is 0. The number of nitrogens with zero attached hydrogens (tertiary/aromatic N) is 2. The number of ketones is 1. The molecule has 0 saturated heterocycles. The van der Waals surface area contributed by atoms with Gasteiger partial charge in [0.1, 0.15) is 11.4 Å². The zero-order valence-corrected chi connectivity index (χ0v) is 16.0. The van der Waals surface area contributed by atoms with E-state index in [2.05, 4.69) is 10.3 Å². The van der Waals surface area contributed by atoms with Crippen LogP contribution in [0.1, 0.15) is 64.9 Å². The van der Waals surface area contributed by atoms with Gasteiger partial charge >= 0.3 is 0 Å². The van der Waals surface area contributed by atoms with Crippen molar-refractivity contribution in [1.82, 2.24) is 9.88 Å². The number of pyridine rings is 1. The Labute approximate surface area is 159 Å². The number of Topliss-reactive ketones (excluding diaryl/α,β-unsaturated/α-hetero) is 1. The van der Waals surface area contributed by atoms with Crippen LogP contribution in [0.3, 0.4) is 0 Å². The van der Waals surface area contributed by atoms with Crippen LogP contribution in [0.25, 0.3) is 0 Å². The second-order valence-corrected chi connectivity index (χ2v) is 6.29. The maximum absolute atomic E-state index is 12.7. The summed E-state index contributed by atoms with van der Waals surface area (Å²) in [6.45, 7) is 6.81. The number of anilines is 1. The Hall–Kier alpha value is -3.02. The maximum atomic E-state index is 12.7. The quantitative estimate of drug-likeness (QED) is 0.720. The fourth-order valence-corrected chi connectivity index (χ4v) is 2.71. The number of hydrogen-bond acceptors (Lipinski definition) is 4. The van der Waals surface area contributed by atoms with Crippen LogP contribution in [-0.2, 0) is 0 Å². The lowest BCUT2D eigenvalue weighted by Gasteiger charge is -2.21. The average Bonchev–Trinajstić information content (AvgIpc) is 2.67. The summed E-state index contributed by atoms with van der Waals surface area (Å²) < 4.78 is 0. The number of benzene rings is 1. The summed E-state index contributed by atoms with van der Waals surface area (Å²) in [6.07, 6.45) is 1.72. The molecule has 0 saturated carbocycles. The minimum absolute atomic E-state index is 0.0799. The molecule has 0 aliphatic carbocycles. The molecule has 1 aromatic carbocycles. The Bertz CT molecular complexity index is 827. The SMILES string of the molecule is CCCN(CCC)C(=O)c1cccc(C(=O)Nc2cccc(C(C)=O)c2)n1. The van der Waals surface area contributed by atoms with E-state index in [4.69, 9.17) is 0 Å². The first kappa shape index (κ1) is 20.3. The third-order valence-corrected chi connectivity index (χ3v) is 4.00. The smallest absolute Gasteiger partial charge is 0.274 e. The Kier molecular flexibility index (Phi) is 7.23. The summed E-state index contributed by atoms with van der Waals surface area (Å²) in [6, 6.07) is 11.5. The van der Waals surface area contributed by atoms with Gasteiger partial charge < -0.3 is 10.2 Å². The predicted octanol–water partition coefficient (Wildman–Crippen LogP) is 3.80. The Morgan fingerprint density at radius 3 is 2.22 bits per heavy atom. The average molecular weight is 367 g/mol. The molecule has 0 spiro atoms. The first-order chi connectivity index (χ1) is 13.0. The van der Waals surface area contributed by atoms with E-state index >= 15 is 0 Å². The largest absolute Gasteiger partial charge is 0.337 e. The van der Waals surface area contributed by atoms with Crippen LogP contribution in [0.5, 0.6) is 0 Å². The number of amides is 2. The number of carbonyl (C=O) groups is 3. The second kappa shape index (κ2) is 9.62. The van der Waals surface area contributed by atoms with Crippen molar-refractivity contribution in [3.8, 4) is 0 Å². The topological polar surface area (TPSA) is 79.4 Å². The van der Waals surface area contributed by atoms with E-state index < -0.39 is 5.91 Å².